The Labute approximate surface area is 135 Å². The highest BCUT2D eigenvalue weighted by molar-refractivity contribution is 5.79. The number of methoxy groups -OCH3 is 1. The van der Waals surface area contributed by atoms with Crippen molar-refractivity contribution < 1.29 is 13.9 Å². The molecule has 1 atom stereocenters. The fourth-order valence-corrected chi connectivity index (χ4v) is 3.12. The number of likely N-dealkylation sites (tertiary alicyclic amines) is 1. The standard InChI is InChI=1S/C19H20FNO2/c1-23-17-10-6-15(7-11-17)18-3-2-12-21(18)19(22)13-14-4-8-16(20)9-5-14/h4-11,18H,2-3,12-13H2,1H3. The molecule has 0 radical (unpaired) electrons. The topological polar surface area (TPSA) is 29.5 Å². The average Bonchev–Trinajstić information content (AvgIpc) is 3.07. The molecule has 1 fully saturated rings. The van der Waals surface area contributed by atoms with E-state index in [4.69, 9.17) is 4.74 Å². The van der Waals surface area contributed by atoms with Gasteiger partial charge < -0.3 is 9.64 Å². The second-order valence-corrected chi connectivity index (χ2v) is 5.82. The highest BCUT2D eigenvalue weighted by atomic mass is 19.1. The molecule has 120 valence electrons. The van der Waals surface area contributed by atoms with Crippen LogP contribution in [0.1, 0.15) is 30.0 Å². The van der Waals surface area contributed by atoms with Crippen molar-refractivity contribution in [2.45, 2.75) is 25.3 Å². The van der Waals surface area contributed by atoms with E-state index in [1.807, 2.05) is 29.2 Å². The molecule has 1 aliphatic heterocycles. The second kappa shape index (κ2) is 6.82. The smallest absolute Gasteiger partial charge is 0.227 e. The quantitative estimate of drug-likeness (QED) is 0.860. The van der Waals surface area contributed by atoms with Gasteiger partial charge in [-0.25, -0.2) is 4.39 Å². The SMILES string of the molecule is COc1ccc(C2CCCN2C(=O)Cc2ccc(F)cc2)cc1. The number of ether oxygens (including phenoxy) is 1. The van der Waals surface area contributed by atoms with Crippen molar-refractivity contribution in [2.75, 3.05) is 13.7 Å². The predicted octanol–water partition coefficient (Wildman–Crippen LogP) is 3.74. The zero-order chi connectivity index (χ0) is 16.2. The first-order valence-electron chi connectivity index (χ1n) is 7.85. The fourth-order valence-electron chi connectivity index (χ4n) is 3.12. The Balaban J connectivity index is 1.72. The van der Waals surface area contributed by atoms with Gasteiger partial charge >= 0.3 is 0 Å². The van der Waals surface area contributed by atoms with Crippen molar-refractivity contribution in [3.8, 4) is 5.75 Å². The number of rotatable bonds is 4. The number of halogens is 1. The van der Waals surface area contributed by atoms with Crippen LogP contribution in [-0.2, 0) is 11.2 Å². The van der Waals surface area contributed by atoms with Crippen LogP contribution >= 0.6 is 0 Å². The first kappa shape index (κ1) is 15.5. The molecule has 0 aromatic heterocycles. The van der Waals surface area contributed by atoms with Gasteiger partial charge in [-0.1, -0.05) is 24.3 Å². The van der Waals surface area contributed by atoms with Crippen LogP contribution in [0.2, 0.25) is 0 Å². The lowest BCUT2D eigenvalue weighted by molar-refractivity contribution is -0.131. The predicted molar refractivity (Wildman–Crippen MR) is 86.8 cm³/mol. The Kier molecular flexibility index (Phi) is 4.60. The van der Waals surface area contributed by atoms with Crippen LogP contribution in [0.5, 0.6) is 5.75 Å². The van der Waals surface area contributed by atoms with Crippen molar-refractivity contribution >= 4 is 5.91 Å². The summed E-state index contributed by atoms with van der Waals surface area (Å²) >= 11 is 0. The van der Waals surface area contributed by atoms with E-state index in [1.54, 1.807) is 19.2 Å². The van der Waals surface area contributed by atoms with Crippen LogP contribution in [0.25, 0.3) is 0 Å². The largest absolute Gasteiger partial charge is 0.497 e. The highest BCUT2D eigenvalue weighted by Crippen LogP contribution is 2.33. The van der Waals surface area contributed by atoms with Gasteiger partial charge in [0.15, 0.2) is 0 Å². The molecule has 1 saturated heterocycles. The van der Waals surface area contributed by atoms with Gasteiger partial charge in [0.2, 0.25) is 5.91 Å². The highest BCUT2D eigenvalue weighted by Gasteiger charge is 2.29. The maximum atomic E-state index is 13.0. The third kappa shape index (κ3) is 3.52. The summed E-state index contributed by atoms with van der Waals surface area (Å²) in [5.41, 5.74) is 1.98. The van der Waals surface area contributed by atoms with Gasteiger partial charge in [0.25, 0.3) is 0 Å². The Hall–Kier alpha value is -2.36. The summed E-state index contributed by atoms with van der Waals surface area (Å²) in [4.78, 5) is 14.5. The number of hydrogen-bond acceptors (Lipinski definition) is 2. The van der Waals surface area contributed by atoms with Gasteiger partial charge in [-0.3, -0.25) is 4.79 Å². The average molecular weight is 313 g/mol. The molecule has 2 aromatic rings. The first-order valence-corrected chi connectivity index (χ1v) is 7.85. The monoisotopic (exact) mass is 313 g/mol. The molecule has 1 amide bonds. The lowest BCUT2D eigenvalue weighted by Crippen LogP contribution is -2.31. The lowest BCUT2D eigenvalue weighted by atomic mass is 10.0. The van der Waals surface area contributed by atoms with Crippen molar-refractivity contribution in [1.29, 1.82) is 0 Å². The normalized spacial score (nSPS) is 17.3. The number of benzene rings is 2. The minimum Gasteiger partial charge on any atom is -0.497 e. The Morgan fingerprint density at radius 3 is 2.52 bits per heavy atom. The van der Waals surface area contributed by atoms with Gasteiger partial charge in [-0.05, 0) is 48.2 Å². The maximum Gasteiger partial charge on any atom is 0.227 e. The van der Waals surface area contributed by atoms with E-state index >= 15 is 0 Å². The number of carbonyl (C=O) groups excluding carboxylic acids is 1. The Bertz CT molecular complexity index is 667. The Morgan fingerprint density at radius 1 is 1.17 bits per heavy atom. The van der Waals surface area contributed by atoms with Crippen molar-refractivity contribution in [3.63, 3.8) is 0 Å². The van der Waals surface area contributed by atoms with Crippen LogP contribution < -0.4 is 4.74 Å². The van der Waals surface area contributed by atoms with Crippen LogP contribution in [-0.4, -0.2) is 24.5 Å². The number of hydrogen-bond donors (Lipinski definition) is 0. The third-order valence-electron chi connectivity index (χ3n) is 4.34. The van der Waals surface area contributed by atoms with Gasteiger partial charge in [0.05, 0.1) is 19.6 Å². The number of carbonyl (C=O) groups is 1. The molecule has 3 nitrogen and oxygen atoms in total. The van der Waals surface area contributed by atoms with Crippen LogP contribution in [0.3, 0.4) is 0 Å². The van der Waals surface area contributed by atoms with E-state index in [0.29, 0.717) is 6.42 Å². The second-order valence-electron chi connectivity index (χ2n) is 5.82. The van der Waals surface area contributed by atoms with Crippen molar-refractivity contribution in [3.05, 3.63) is 65.5 Å². The van der Waals surface area contributed by atoms with Gasteiger partial charge in [0.1, 0.15) is 11.6 Å². The summed E-state index contributed by atoms with van der Waals surface area (Å²) in [7, 11) is 1.64. The van der Waals surface area contributed by atoms with Crippen LogP contribution in [0, 0.1) is 5.82 Å². The minimum absolute atomic E-state index is 0.0925. The molecule has 0 N–H and O–H groups in total. The van der Waals surface area contributed by atoms with E-state index < -0.39 is 0 Å². The zero-order valence-corrected chi connectivity index (χ0v) is 13.2. The van der Waals surface area contributed by atoms with E-state index in [1.165, 1.54) is 12.1 Å². The third-order valence-corrected chi connectivity index (χ3v) is 4.34. The van der Waals surface area contributed by atoms with Crippen LogP contribution in [0.15, 0.2) is 48.5 Å². The fraction of sp³-hybridized carbons (Fsp3) is 0.316. The number of amides is 1. The minimum atomic E-state index is -0.279. The molecule has 3 rings (SSSR count). The Morgan fingerprint density at radius 2 is 1.87 bits per heavy atom. The molecule has 0 spiro atoms. The zero-order valence-electron chi connectivity index (χ0n) is 13.2. The molecule has 2 aromatic carbocycles. The lowest BCUT2D eigenvalue weighted by Gasteiger charge is -2.25. The summed E-state index contributed by atoms with van der Waals surface area (Å²) in [6, 6.07) is 14.2. The van der Waals surface area contributed by atoms with Gasteiger partial charge in [-0.2, -0.15) is 0 Å². The van der Waals surface area contributed by atoms with Gasteiger partial charge in [0, 0.05) is 6.54 Å². The molecule has 4 heteroatoms. The molecule has 1 unspecified atom stereocenters. The van der Waals surface area contributed by atoms with E-state index in [9.17, 15) is 9.18 Å². The molecule has 1 heterocycles. The molecule has 1 aliphatic rings. The van der Waals surface area contributed by atoms with E-state index in [-0.39, 0.29) is 17.8 Å². The molecule has 0 saturated carbocycles. The van der Waals surface area contributed by atoms with Gasteiger partial charge in [-0.15, -0.1) is 0 Å². The summed E-state index contributed by atoms with van der Waals surface area (Å²) in [6.07, 6.45) is 2.29. The summed E-state index contributed by atoms with van der Waals surface area (Å²) in [5, 5.41) is 0. The van der Waals surface area contributed by atoms with E-state index in [0.717, 1.165) is 36.3 Å². The first-order chi connectivity index (χ1) is 11.2. The molecular weight excluding hydrogens is 293 g/mol. The molecular formula is C19H20FNO2. The van der Waals surface area contributed by atoms with Crippen molar-refractivity contribution in [2.24, 2.45) is 0 Å². The number of nitrogens with zero attached hydrogens (tertiary/aromatic N) is 1. The molecule has 0 aliphatic carbocycles. The molecule has 23 heavy (non-hydrogen) atoms. The van der Waals surface area contributed by atoms with Crippen molar-refractivity contribution in [1.82, 2.24) is 4.90 Å². The summed E-state index contributed by atoms with van der Waals surface area (Å²) in [6.45, 7) is 0.775. The molecule has 0 bridgehead atoms. The summed E-state index contributed by atoms with van der Waals surface area (Å²) < 4.78 is 18.1. The summed E-state index contributed by atoms with van der Waals surface area (Å²) in [5.74, 6) is 0.629. The van der Waals surface area contributed by atoms with Crippen LogP contribution in [0.4, 0.5) is 4.39 Å². The maximum absolute atomic E-state index is 13.0. The van der Waals surface area contributed by atoms with E-state index in [2.05, 4.69) is 0 Å².